The molecule has 3 aromatic rings. The topological polar surface area (TPSA) is 52.0 Å². The van der Waals surface area contributed by atoms with Crippen LogP contribution in [0.2, 0.25) is 5.02 Å². The molecule has 0 aliphatic heterocycles. The van der Waals surface area contributed by atoms with E-state index in [2.05, 4.69) is 26.7 Å². The molecule has 7 heteroatoms. The van der Waals surface area contributed by atoms with E-state index in [1.165, 1.54) is 6.26 Å². The third-order valence-corrected chi connectivity index (χ3v) is 4.71. The van der Waals surface area contributed by atoms with Gasteiger partial charge in [0, 0.05) is 22.2 Å². The van der Waals surface area contributed by atoms with Gasteiger partial charge in [-0.25, -0.2) is 0 Å². The molecule has 26 heavy (non-hydrogen) atoms. The van der Waals surface area contributed by atoms with Crippen molar-refractivity contribution in [3.63, 3.8) is 0 Å². The lowest BCUT2D eigenvalue weighted by molar-refractivity contribution is 0.274. The van der Waals surface area contributed by atoms with E-state index >= 15 is 0 Å². The fourth-order valence-corrected chi connectivity index (χ4v) is 3.28. The van der Waals surface area contributed by atoms with E-state index in [1.54, 1.807) is 11.8 Å². The number of aromatic nitrogens is 3. The number of rotatable bonds is 9. The first-order valence-corrected chi connectivity index (χ1v) is 9.49. The molecule has 0 radical (unpaired) electrons. The van der Waals surface area contributed by atoms with Crippen LogP contribution in [0.1, 0.15) is 5.82 Å². The fourth-order valence-electron chi connectivity index (χ4n) is 2.36. The Morgan fingerprint density at radius 1 is 1.12 bits per heavy atom. The van der Waals surface area contributed by atoms with Gasteiger partial charge in [0.2, 0.25) is 0 Å². The van der Waals surface area contributed by atoms with Gasteiger partial charge in [-0.15, -0.1) is 10.2 Å². The summed E-state index contributed by atoms with van der Waals surface area (Å²) in [6, 6.07) is 17.7. The molecule has 5 nitrogen and oxygen atoms in total. The standard InChI is InChI=1S/C19H19ClN4OS/c1-2-25-12-13-26-19-23-22-18(24(19)17-6-4-3-5-7-17)14-21-16-10-8-15(20)9-11-16/h2-11,21H,1,12-14H2. The normalized spacial score (nSPS) is 10.5. The monoisotopic (exact) mass is 386 g/mol. The van der Waals surface area contributed by atoms with Crippen LogP contribution in [0.5, 0.6) is 0 Å². The van der Waals surface area contributed by atoms with E-state index in [-0.39, 0.29) is 0 Å². The third kappa shape index (κ3) is 4.80. The van der Waals surface area contributed by atoms with Crippen molar-refractivity contribution in [1.82, 2.24) is 14.8 Å². The molecule has 1 N–H and O–H groups in total. The van der Waals surface area contributed by atoms with Crippen molar-refractivity contribution in [2.45, 2.75) is 11.7 Å². The van der Waals surface area contributed by atoms with Gasteiger partial charge in [0.05, 0.1) is 19.4 Å². The lowest BCUT2D eigenvalue weighted by Crippen LogP contribution is -2.08. The second-order valence-electron chi connectivity index (χ2n) is 5.32. The molecule has 2 aromatic carbocycles. The molecule has 0 saturated carbocycles. The van der Waals surface area contributed by atoms with E-state index in [0.29, 0.717) is 18.2 Å². The number of halogens is 1. The average Bonchev–Trinajstić information content (AvgIpc) is 3.08. The molecule has 0 atom stereocenters. The first-order chi connectivity index (χ1) is 12.8. The van der Waals surface area contributed by atoms with Crippen molar-refractivity contribution in [3.8, 4) is 5.69 Å². The van der Waals surface area contributed by atoms with Crippen LogP contribution < -0.4 is 5.32 Å². The predicted molar refractivity (Wildman–Crippen MR) is 107 cm³/mol. The summed E-state index contributed by atoms with van der Waals surface area (Å²) < 4.78 is 7.24. The molecule has 0 amide bonds. The summed E-state index contributed by atoms with van der Waals surface area (Å²) in [4.78, 5) is 0. The van der Waals surface area contributed by atoms with Crippen LogP contribution in [0.4, 0.5) is 5.69 Å². The van der Waals surface area contributed by atoms with Crippen molar-refractivity contribution < 1.29 is 4.74 Å². The summed E-state index contributed by atoms with van der Waals surface area (Å²) in [5.41, 5.74) is 2.00. The average molecular weight is 387 g/mol. The molecule has 1 heterocycles. The second kappa shape index (κ2) is 9.31. The molecular formula is C19H19ClN4OS. The van der Waals surface area contributed by atoms with Crippen molar-refractivity contribution in [2.75, 3.05) is 17.7 Å². The van der Waals surface area contributed by atoms with Crippen molar-refractivity contribution in [1.29, 1.82) is 0 Å². The van der Waals surface area contributed by atoms with Crippen LogP contribution in [0.15, 0.2) is 72.6 Å². The van der Waals surface area contributed by atoms with Crippen molar-refractivity contribution in [3.05, 3.63) is 78.3 Å². The van der Waals surface area contributed by atoms with E-state index in [9.17, 15) is 0 Å². The lowest BCUT2D eigenvalue weighted by atomic mass is 10.3. The number of nitrogens with zero attached hydrogens (tertiary/aromatic N) is 3. The van der Waals surface area contributed by atoms with E-state index < -0.39 is 0 Å². The number of hydrogen-bond acceptors (Lipinski definition) is 5. The molecule has 134 valence electrons. The van der Waals surface area contributed by atoms with Crippen LogP contribution in [0.25, 0.3) is 5.69 Å². The predicted octanol–water partition coefficient (Wildman–Crippen LogP) is 4.79. The van der Waals surface area contributed by atoms with Crippen LogP contribution in [0, 0.1) is 0 Å². The number of anilines is 1. The van der Waals surface area contributed by atoms with Crippen LogP contribution >= 0.6 is 23.4 Å². The number of para-hydroxylation sites is 1. The smallest absolute Gasteiger partial charge is 0.196 e. The molecule has 0 fully saturated rings. The molecule has 0 aliphatic rings. The first kappa shape index (κ1) is 18.4. The van der Waals surface area contributed by atoms with E-state index in [0.717, 1.165) is 28.1 Å². The first-order valence-electron chi connectivity index (χ1n) is 8.12. The molecular weight excluding hydrogens is 368 g/mol. The molecule has 3 rings (SSSR count). The maximum Gasteiger partial charge on any atom is 0.196 e. The van der Waals surface area contributed by atoms with Gasteiger partial charge in [-0.3, -0.25) is 4.57 Å². The SMILES string of the molecule is C=COCCSc1nnc(CNc2ccc(Cl)cc2)n1-c1ccccc1. The van der Waals surface area contributed by atoms with Crippen molar-refractivity contribution >= 4 is 29.1 Å². The Kier molecular flexibility index (Phi) is 6.57. The number of thioether (sulfide) groups is 1. The van der Waals surface area contributed by atoms with Crippen LogP contribution in [-0.4, -0.2) is 27.1 Å². The summed E-state index contributed by atoms with van der Waals surface area (Å²) >= 11 is 7.53. The van der Waals surface area contributed by atoms with Gasteiger partial charge in [-0.2, -0.15) is 0 Å². The number of ether oxygens (including phenoxy) is 1. The molecule has 0 spiro atoms. The Bertz CT molecular complexity index is 837. The van der Waals surface area contributed by atoms with Crippen molar-refractivity contribution in [2.24, 2.45) is 0 Å². The number of benzene rings is 2. The highest BCUT2D eigenvalue weighted by atomic mass is 35.5. The highest BCUT2D eigenvalue weighted by molar-refractivity contribution is 7.99. The minimum atomic E-state index is 0.549. The largest absolute Gasteiger partial charge is 0.501 e. The fraction of sp³-hybridized carbons (Fsp3) is 0.158. The number of hydrogen-bond donors (Lipinski definition) is 1. The van der Waals surface area contributed by atoms with Gasteiger partial charge in [0.25, 0.3) is 0 Å². The second-order valence-corrected chi connectivity index (χ2v) is 6.81. The zero-order valence-electron chi connectivity index (χ0n) is 14.1. The van der Waals surface area contributed by atoms with Gasteiger partial charge in [-0.05, 0) is 36.4 Å². The van der Waals surface area contributed by atoms with Crippen LogP contribution in [0.3, 0.4) is 0 Å². The van der Waals surface area contributed by atoms with Gasteiger partial charge in [0.1, 0.15) is 0 Å². The Hall–Kier alpha value is -2.44. The quantitative estimate of drug-likeness (QED) is 0.325. The highest BCUT2D eigenvalue weighted by Crippen LogP contribution is 2.23. The van der Waals surface area contributed by atoms with Gasteiger partial charge < -0.3 is 10.1 Å². The van der Waals surface area contributed by atoms with Crippen LogP contribution in [-0.2, 0) is 11.3 Å². The minimum absolute atomic E-state index is 0.549. The molecule has 0 aliphatic carbocycles. The Balaban J connectivity index is 1.78. The Morgan fingerprint density at radius 3 is 2.62 bits per heavy atom. The maximum atomic E-state index is 5.93. The van der Waals surface area contributed by atoms with Gasteiger partial charge in [0.15, 0.2) is 11.0 Å². The Morgan fingerprint density at radius 2 is 1.88 bits per heavy atom. The van der Waals surface area contributed by atoms with Gasteiger partial charge in [-0.1, -0.05) is 48.1 Å². The Labute approximate surface area is 162 Å². The van der Waals surface area contributed by atoms with E-state index in [4.69, 9.17) is 16.3 Å². The molecule has 0 saturated heterocycles. The zero-order chi connectivity index (χ0) is 18.2. The summed E-state index contributed by atoms with van der Waals surface area (Å²) in [7, 11) is 0. The maximum absolute atomic E-state index is 5.93. The summed E-state index contributed by atoms with van der Waals surface area (Å²) in [5, 5.41) is 13.6. The molecule has 0 bridgehead atoms. The van der Waals surface area contributed by atoms with Gasteiger partial charge >= 0.3 is 0 Å². The zero-order valence-corrected chi connectivity index (χ0v) is 15.7. The minimum Gasteiger partial charge on any atom is -0.501 e. The summed E-state index contributed by atoms with van der Waals surface area (Å²) in [5.74, 6) is 1.60. The third-order valence-electron chi connectivity index (χ3n) is 3.56. The lowest BCUT2D eigenvalue weighted by Gasteiger charge is -2.11. The molecule has 0 unspecified atom stereocenters. The summed E-state index contributed by atoms with van der Waals surface area (Å²) in [6.07, 6.45) is 1.45. The highest BCUT2D eigenvalue weighted by Gasteiger charge is 2.14. The number of nitrogens with one attached hydrogen (secondary N) is 1. The summed E-state index contributed by atoms with van der Waals surface area (Å²) in [6.45, 7) is 4.68. The molecule has 1 aromatic heterocycles. The van der Waals surface area contributed by atoms with E-state index in [1.807, 2.05) is 54.6 Å².